The number of hydrogen-bond donors (Lipinski definition) is 1. The van der Waals surface area contributed by atoms with E-state index in [2.05, 4.69) is 36.1 Å². The molecule has 0 radical (unpaired) electrons. The van der Waals surface area contributed by atoms with Crippen molar-refractivity contribution in [1.29, 1.82) is 0 Å². The predicted octanol–water partition coefficient (Wildman–Crippen LogP) is 3.38. The highest BCUT2D eigenvalue weighted by molar-refractivity contribution is 9.10. The van der Waals surface area contributed by atoms with Crippen molar-refractivity contribution in [2.45, 2.75) is 18.3 Å². The van der Waals surface area contributed by atoms with Crippen LogP contribution in [0.2, 0.25) is 5.02 Å². The Morgan fingerprint density at radius 2 is 2.09 bits per heavy atom. The van der Waals surface area contributed by atoms with Gasteiger partial charge in [-0.3, -0.25) is 14.8 Å². The molecule has 0 saturated carbocycles. The van der Waals surface area contributed by atoms with Gasteiger partial charge in [0.15, 0.2) is 0 Å². The van der Waals surface area contributed by atoms with E-state index in [1.54, 1.807) is 18.6 Å². The summed E-state index contributed by atoms with van der Waals surface area (Å²) in [5.41, 5.74) is 2.15. The number of piperidine rings is 1. The third kappa shape index (κ3) is 2.23. The Kier molecular flexibility index (Phi) is 3.54. The molecule has 118 valence electrons. The van der Waals surface area contributed by atoms with Crippen LogP contribution in [0, 0.1) is 0 Å². The lowest BCUT2D eigenvalue weighted by Gasteiger charge is -2.39. The molecule has 2 aliphatic rings. The maximum atomic E-state index is 12.6. The first-order valence-electron chi connectivity index (χ1n) is 7.43. The summed E-state index contributed by atoms with van der Waals surface area (Å²) >= 11 is 9.81. The van der Waals surface area contributed by atoms with E-state index in [4.69, 9.17) is 11.6 Å². The van der Waals surface area contributed by atoms with Gasteiger partial charge in [-0.05, 0) is 40.9 Å². The molecule has 23 heavy (non-hydrogen) atoms. The lowest BCUT2D eigenvalue weighted by Crippen LogP contribution is -2.47. The lowest BCUT2D eigenvalue weighted by molar-refractivity contribution is -0.121. The number of pyridine rings is 2. The normalized spacial score (nSPS) is 18.9. The fraction of sp³-hybridized carbons (Fsp3) is 0.312. The first-order chi connectivity index (χ1) is 11.1. The van der Waals surface area contributed by atoms with Gasteiger partial charge >= 0.3 is 0 Å². The summed E-state index contributed by atoms with van der Waals surface area (Å²) in [4.78, 5) is 23.3. The number of amides is 1. The first kappa shape index (κ1) is 14.9. The van der Waals surface area contributed by atoms with E-state index in [-0.39, 0.29) is 5.91 Å². The third-order valence-corrected chi connectivity index (χ3v) is 5.56. The van der Waals surface area contributed by atoms with E-state index in [1.807, 2.05) is 12.1 Å². The van der Waals surface area contributed by atoms with Crippen molar-refractivity contribution in [2.24, 2.45) is 0 Å². The zero-order chi connectivity index (χ0) is 16.0. The lowest BCUT2D eigenvalue weighted by atomic mass is 9.76. The summed E-state index contributed by atoms with van der Waals surface area (Å²) in [7, 11) is 0. The van der Waals surface area contributed by atoms with Crippen LogP contribution in [0.4, 0.5) is 11.4 Å². The largest absolute Gasteiger partial charge is 0.369 e. The van der Waals surface area contributed by atoms with Crippen molar-refractivity contribution in [3.63, 3.8) is 0 Å². The zero-order valence-corrected chi connectivity index (χ0v) is 14.6. The average Bonchev–Trinajstić information content (AvgIpc) is 2.82. The molecular formula is C16H14BrClN4O. The maximum Gasteiger partial charge on any atom is 0.236 e. The molecule has 5 nitrogen and oxygen atoms in total. The average molecular weight is 394 g/mol. The minimum atomic E-state index is -0.515. The fourth-order valence-corrected chi connectivity index (χ4v) is 4.49. The molecule has 1 N–H and O–H groups in total. The smallest absolute Gasteiger partial charge is 0.236 e. The summed E-state index contributed by atoms with van der Waals surface area (Å²) in [6, 6.07) is 3.76. The zero-order valence-electron chi connectivity index (χ0n) is 12.2. The molecule has 4 heterocycles. The Morgan fingerprint density at radius 1 is 1.30 bits per heavy atom. The molecule has 2 aromatic heterocycles. The number of nitrogens with zero attached hydrogens (tertiary/aromatic N) is 3. The molecule has 0 unspecified atom stereocenters. The Balaban J connectivity index is 1.64. The summed E-state index contributed by atoms with van der Waals surface area (Å²) < 4.78 is 0.871. The minimum Gasteiger partial charge on any atom is -0.369 e. The molecule has 4 rings (SSSR count). The second-order valence-corrected chi connectivity index (χ2v) is 7.14. The number of nitrogens with one attached hydrogen (secondary N) is 1. The molecule has 2 aromatic rings. The minimum absolute atomic E-state index is 0.0609. The number of fused-ring (bicyclic) bond motifs is 2. The molecule has 0 bridgehead atoms. The number of carbonyl (C=O) groups is 1. The van der Waals surface area contributed by atoms with E-state index in [0.29, 0.717) is 17.9 Å². The van der Waals surface area contributed by atoms with Crippen LogP contribution in [0.15, 0.2) is 35.2 Å². The van der Waals surface area contributed by atoms with Crippen molar-refractivity contribution in [3.8, 4) is 0 Å². The highest BCUT2D eigenvalue weighted by atomic mass is 79.9. The van der Waals surface area contributed by atoms with Crippen LogP contribution in [-0.2, 0) is 10.2 Å². The SMILES string of the molecule is O=C1Nc2cccnc2C12CCN(c1c(Cl)cncc1Br)CC2. The standard InChI is InChI=1S/C16H14BrClN4O/c17-10-8-19-9-11(18)13(10)22-6-3-16(4-7-22)14-12(21-15(16)23)2-1-5-20-14/h1-2,5,8-9H,3-4,6-7H2,(H,21,23). The van der Waals surface area contributed by atoms with Crippen molar-refractivity contribution < 1.29 is 4.79 Å². The number of hydrogen-bond acceptors (Lipinski definition) is 4. The Labute approximate surface area is 147 Å². The Morgan fingerprint density at radius 3 is 2.83 bits per heavy atom. The van der Waals surface area contributed by atoms with Gasteiger partial charge in [-0.1, -0.05) is 11.6 Å². The molecule has 0 atom stereocenters. The van der Waals surface area contributed by atoms with Gasteiger partial charge in [0.1, 0.15) is 0 Å². The Hall–Kier alpha value is -1.66. The number of rotatable bonds is 1. The highest BCUT2D eigenvalue weighted by Gasteiger charge is 2.49. The monoisotopic (exact) mass is 392 g/mol. The van der Waals surface area contributed by atoms with Gasteiger partial charge in [-0.2, -0.15) is 0 Å². The Bertz CT molecular complexity index is 769. The molecule has 0 aromatic carbocycles. The van der Waals surface area contributed by atoms with E-state index >= 15 is 0 Å². The molecule has 1 amide bonds. The topological polar surface area (TPSA) is 58.1 Å². The summed E-state index contributed by atoms with van der Waals surface area (Å²) in [6.45, 7) is 1.48. The molecule has 1 fully saturated rings. The van der Waals surface area contributed by atoms with E-state index in [0.717, 1.165) is 34.6 Å². The van der Waals surface area contributed by atoms with Gasteiger partial charge in [0, 0.05) is 31.7 Å². The number of halogens is 2. The molecule has 1 spiro atoms. The van der Waals surface area contributed by atoms with Crippen molar-refractivity contribution in [2.75, 3.05) is 23.3 Å². The van der Waals surface area contributed by atoms with Gasteiger partial charge in [-0.25, -0.2) is 0 Å². The van der Waals surface area contributed by atoms with Crippen LogP contribution >= 0.6 is 27.5 Å². The van der Waals surface area contributed by atoms with Gasteiger partial charge in [0.05, 0.1) is 32.0 Å². The number of anilines is 2. The van der Waals surface area contributed by atoms with E-state index in [1.165, 1.54) is 0 Å². The second kappa shape index (κ2) is 5.46. The predicted molar refractivity (Wildman–Crippen MR) is 92.9 cm³/mol. The van der Waals surface area contributed by atoms with E-state index < -0.39 is 5.41 Å². The van der Waals surface area contributed by atoms with Gasteiger partial charge in [-0.15, -0.1) is 0 Å². The molecular weight excluding hydrogens is 380 g/mol. The second-order valence-electron chi connectivity index (χ2n) is 5.87. The van der Waals surface area contributed by atoms with Crippen LogP contribution in [0.25, 0.3) is 0 Å². The van der Waals surface area contributed by atoms with E-state index in [9.17, 15) is 4.79 Å². The van der Waals surface area contributed by atoms with Crippen molar-refractivity contribution in [3.05, 3.63) is 45.9 Å². The van der Waals surface area contributed by atoms with Gasteiger partial charge in [0.2, 0.25) is 5.91 Å². The van der Waals surface area contributed by atoms with Crippen LogP contribution < -0.4 is 10.2 Å². The molecule has 0 aliphatic carbocycles. The van der Waals surface area contributed by atoms with Crippen molar-refractivity contribution in [1.82, 2.24) is 9.97 Å². The molecule has 1 saturated heterocycles. The van der Waals surface area contributed by atoms with Crippen molar-refractivity contribution >= 4 is 44.8 Å². The quantitative estimate of drug-likeness (QED) is 0.807. The van der Waals surface area contributed by atoms with Crippen LogP contribution in [0.3, 0.4) is 0 Å². The van der Waals surface area contributed by atoms with Crippen LogP contribution in [0.5, 0.6) is 0 Å². The highest BCUT2D eigenvalue weighted by Crippen LogP contribution is 2.45. The first-order valence-corrected chi connectivity index (χ1v) is 8.60. The maximum absolute atomic E-state index is 12.6. The van der Waals surface area contributed by atoms with Crippen LogP contribution in [0.1, 0.15) is 18.5 Å². The third-order valence-electron chi connectivity index (χ3n) is 4.71. The van der Waals surface area contributed by atoms with Crippen LogP contribution in [-0.4, -0.2) is 29.0 Å². The molecule has 7 heteroatoms. The summed E-state index contributed by atoms with van der Waals surface area (Å²) in [5, 5.41) is 3.59. The summed E-state index contributed by atoms with van der Waals surface area (Å²) in [5.74, 6) is 0.0609. The fourth-order valence-electron chi connectivity index (χ4n) is 3.52. The number of carbonyl (C=O) groups excluding carboxylic acids is 1. The number of aromatic nitrogens is 2. The van der Waals surface area contributed by atoms with Gasteiger partial charge < -0.3 is 10.2 Å². The molecule has 2 aliphatic heterocycles. The van der Waals surface area contributed by atoms with Gasteiger partial charge in [0.25, 0.3) is 0 Å². The summed E-state index contributed by atoms with van der Waals surface area (Å²) in [6.07, 6.45) is 6.57.